The first-order valence-corrected chi connectivity index (χ1v) is 5.70. The van der Waals surface area contributed by atoms with Gasteiger partial charge in [0, 0.05) is 17.8 Å². The van der Waals surface area contributed by atoms with Crippen molar-refractivity contribution < 1.29 is 0 Å². The highest BCUT2D eigenvalue weighted by Gasteiger charge is 2.06. The van der Waals surface area contributed by atoms with Crippen molar-refractivity contribution in [3.05, 3.63) is 52.2 Å². The largest absolute Gasteiger partial charge is 0.282 e. The number of halogens is 1. The summed E-state index contributed by atoms with van der Waals surface area (Å²) in [6, 6.07) is 6.38. The minimum Gasteiger partial charge on any atom is -0.282 e. The van der Waals surface area contributed by atoms with Gasteiger partial charge in [-0.1, -0.05) is 11.6 Å². The minimum absolute atomic E-state index is 0.184. The van der Waals surface area contributed by atoms with Gasteiger partial charge in [-0.05, 0) is 23.4 Å². The zero-order valence-corrected chi connectivity index (χ0v) is 10.2. The van der Waals surface area contributed by atoms with Gasteiger partial charge in [0.05, 0.1) is 11.9 Å². The van der Waals surface area contributed by atoms with Crippen LogP contribution in [0.2, 0.25) is 5.15 Å². The van der Waals surface area contributed by atoms with E-state index in [0.29, 0.717) is 22.2 Å². The highest BCUT2D eigenvalue weighted by atomic mass is 35.5. The molecule has 0 spiro atoms. The summed E-state index contributed by atoms with van der Waals surface area (Å²) < 4.78 is 1.44. The number of nitrogens with one attached hydrogen (secondary N) is 1. The van der Waals surface area contributed by atoms with Crippen LogP contribution < -0.4 is 5.56 Å². The van der Waals surface area contributed by atoms with Crippen LogP contribution in [0.25, 0.3) is 17.1 Å². The maximum absolute atomic E-state index is 11.9. The van der Waals surface area contributed by atoms with Crippen molar-refractivity contribution >= 4 is 11.6 Å². The lowest BCUT2D eigenvalue weighted by Crippen LogP contribution is -2.16. The molecule has 0 amide bonds. The van der Waals surface area contributed by atoms with Gasteiger partial charge in [0.15, 0.2) is 0 Å². The van der Waals surface area contributed by atoms with Crippen LogP contribution in [0.4, 0.5) is 0 Å². The molecule has 3 aromatic heterocycles. The fraction of sp³-hybridized carbons (Fsp3) is 0. The van der Waals surface area contributed by atoms with Crippen molar-refractivity contribution in [2.75, 3.05) is 0 Å². The molecule has 0 aliphatic heterocycles. The van der Waals surface area contributed by atoms with Crippen LogP contribution in [0.5, 0.6) is 0 Å². The second-order valence-corrected chi connectivity index (χ2v) is 4.09. The fourth-order valence-corrected chi connectivity index (χ4v) is 1.73. The molecule has 0 aliphatic rings. The predicted molar refractivity (Wildman–Crippen MR) is 68.0 cm³/mol. The summed E-state index contributed by atoms with van der Waals surface area (Å²) in [6.07, 6.45) is 3.14. The Morgan fingerprint density at radius 1 is 1.21 bits per heavy atom. The molecule has 7 nitrogen and oxygen atoms in total. The third-order valence-electron chi connectivity index (χ3n) is 2.50. The molecule has 8 heteroatoms. The van der Waals surface area contributed by atoms with Crippen LogP contribution in [-0.2, 0) is 0 Å². The second-order valence-electron chi connectivity index (χ2n) is 3.70. The molecule has 0 unspecified atom stereocenters. The Morgan fingerprint density at radius 3 is 2.79 bits per heavy atom. The Bertz CT molecular complexity index is 750. The molecular formula is C11H7ClN6O. The Kier molecular flexibility index (Phi) is 2.81. The number of hydrogen-bond donors (Lipinski definition) is 1. The Hall–Kier alpha value is -2.54. The van der Waals surface area contributed by atoms with Crippen molar-refractivity contribution in [3.63, 3.8) is 0 Å². The first-order chi connectivity index (χ1) is 9.24. The lowest BCUT2D eigenvalue weighted by atomic mass is 10.2. The molecule has 0 saturated carbocycles. The zero-order valence-electron chi connectivity index (χ0n) is 9.49. The normalized spacial score (nSPS) is 10.6. The van der Waals surface area contributed by atoms with Gasteiger partial charge in [0.25, 0.3) is 5.56 Å². The average molecular weight is 275 g/mol. The summed E-state index contributed by atoms with van der Waals surface area (Å²) in [7, 11) is 0. The zero-order chi connectivity index (χ0) is 13.2. The van der Waals surface area contributed by atoms with E-state index in [1.807, 2.05) is 0 Å². The molecule has 0 aliphatic carbocycles. The summed E-state index contributed by atoms with van der Waals surface area (Å²) in [4.78, 5) is 15.8. The number of hydrogen-bond acceptors (Lipinski definition) is 5. The van der Waals surface area contributed by atoms with Gasteiger partial charge >= 0.3 is 0 Å². The van der Waals surface area contributed by atoms with E-state index < -0.39 is 0 Å². The maximum Gasteiger partial charge on any atom is 0.255 e. The van der Waals surface area contributed by atoms with E-state index in [9.17, 15) is 4.79 Å². The van der Waals surface area contributed by atoms with Crippen LogP contribution in [0.15, 0.2) is 41.5 Å². The molecule has 3 aromatic rings. The molecule has 0 saturated heterocycles. The van der Waals surface area contributed by atoms with Gasteiger partial charge in [-0.3, -0.25) is 9.36 Å². The van der Waals surface area contributed by atoms with Gasteiger partial charge in [0.1, 0.15) is 5.15 Å². The first-order valence-electron chi connectivity index (χ1n) is 5.32. The van der Waals surface area contributed by atoms with E-state index in [4.69, 9.17) is 11.6 Å². The highest BCUT2D eigenvalue weighted by Crippen LogP contribution is 2.13. The summed E-state index contributed by atoms with van der Waals surface area (Å²) in [6.45, 7) is 0. The summed E-state index contributed by atoms with van der Waals surface area (Å²) in [5, 5.41) is 13.9. The second kappa shape index (κ2) is 4.62. The molecule has 0 fully saturated rings. The Balaban J connectivity index is 2.13. The molecule has 0 atom stereocenters. The smallest absolute Gasteiger partial charge is 0.255 e. The van der Waals surface area contributed by atoms with Gasteiger partial charge in [-0.2, -0.15) is 5.21 Å². The molecule has 0 aromatic carbocycles. The third kappa shape index (κ3) is 2.23. The van der Waals surface area contributed by atoms with Crippen LogP contribution in [-0.4, -0.2) is 30.2 Å². The number of tetrazole rings is 1. The van der Waals surface area contributed by atoms with Gasteiger partial charge < -0.3 is 0 Å². The number of nitrogens with zero attached hydrogens (tertiary/aromatic N) is 5. The van der Waals surface area contributed by atoms with Crippen LogP contribution in [0.1, 0.15) is 0 Å². The molecule has 0 bridgehead atoms. The third-order valence-corrected chi connectivity index (χ3v) is 2.73. The van der Waals surface area contributed by atoms with Gasteiger partial charge in [-0.15, -0.1) is 10.2 Å². The van der Waals surface area contributed by atoms with Crippen LogP contribution >= 0.6 is 11.6 Å². The lowest BCUT2D eigenvalue weighted by Gasteiger charge is -2.06. The van der Waals surface area contributed by atoms with E-state index in [-0.39, 0.29) is 5.56 Å². The SMILES string of the molecule is O=c1ccc(-c2nn[nH]n2)cn1-c1ccc(Cl)nc1. The fourth-order valence-electron chi connectivity index (χ4n) is 1.62. The van der Waals surface area contributed by atoms with Gasteiger partial charge in [-0.25, -0.2) is 4.98 Å². The maximum atomic E-state index is 11.9. The van der Waals surface area contributed by atoms with E-state index in [1.165, 1.54) is 16.8 Å². The molecule has 1 N–H and O–H groups in total. The summed E-state index contributed by atoms with van der Waals surface area (Å²) >= 11 is 5.72. The molecule has 19 heavy (non-hydrogen) atoms. The Morgan fingerprint density at radius 2 is 2.11 bits per heavy atom. The van der Waals surface area contributed by atoms with E-state index in [2.05, 4.69) is 25.6 Å². The number of H-pyrrole nitrogens is 1. The van der Waals surface area contributed by atoms with Crippen molar-refractivity contribution in [3.8, 4) is 17.1 Å². The molecule has 94 valence electrons. The molecule has 0 radical (unpaired) electrons. The summed E-state index contributed by atoms with van der Waals surface area (Å²) in [5.41, 5.74) is 1.10. The van der Waals surface area contributed by atoms with E-state index in [1.54, 1.807) is 24.4 Å². The van der Waals surface area contributed by atoms with Gasteiger partial charge in [0.2, 0.25) is 5.82 Å². The molecule has 3 rings (SSSR count). The molecular weight excluding hydrogens is 268 g/mol. The van der Waals surface area contributed by atoms with Crippen LogP contribution in [0, 0.1) is 0 Å². The lowest BCUT2D eigenvalue weighted by molar-refractivity contribution is 0.881. The van der Waals surface area contributed by atoms with E-state index in [0.717, 1.165) is 0 Å². The summed E-state index contributed by atoms with van der Waals surface area (Å²) in [5.74, 6) is 0.413. The number of aromatic nitrogens is 6. The topological polar surface area (TPSA) is 89.4 Å². The van der Waals surface area contributed by atoms with E-state index >= 15 is 0 Å². The monoisotopic (exact) mass is 274 g/mol. The van der Waals surface area contributed by atoms with Crippen molar-refractivity contribution in [2.24, 2.45) is 0 Å². The van der Waals surface area contributed by atoms with Crippen molar-refractivity contribution in [2.45, 2.75) is 0 Å². The number of pyridine rings is 2. The Labute approximate surface area is 111 Å². The number of rotatable bonds is 2. The average Bonchev–Trinajstić information content (AvgIpc) is 2.94. The van der Waals surface area contributed by atoms with Crippen molar-refractivity contribution in [1.29, 1.82) is 0 Å². The quantitative estimate of drug-likeness (QED) is 0.706. The standard InChI is InChI=1S/C11H7ClN6O/c12-9-3-2-8(5-13-9)18-6-7(1-4-10(18)19)11-14-16-17-15-11/h1-6H,(H,14,15,16,17). The van der Waals surface area contributed by atoms with Crippen LogP contribution in [0.3, 0.4) is 0 Å². The number of aromatic amines is 1. The molecule has 3 heterocycles. The first kappa shape index (κ1) is 11.5. The minimum atomic E-state index is -0.184. The highest BCUT2D eigenvalue weighted by molar-refractivity contribution is 6.29. The predicted octanol–water partition coefficient (Wildman–Crippen LogP) is 1.07. The van der Waals surface area contributed by atoms with Crippen molar-refractivity contribution in [1.82, 2.24) is 30.2 Å².